The van der Waals surface area contributed by atoms with Crippen LogP contribution in [0.15, 0.2) is 75.9 Å². The molecule has 0 atom stereocenters. The Morgan fingerprint density at radius 1 is 1.04 bits per heavy atom. The number of benzene rings is 2. The summed E-state index contributed by atoms with van der Waals surface area (Å²) in [6.07, 6.45) is 1.94. The Morgan fingerprint density at radius 3 is 2.50 bits per heavy atom. The van der Waals surface area contributed by atoms with Gasteiger partial charge in [-0.15, -0.1) is 11.3 Å². The number of carbonyl (C=O) groups is 1. The maximum atomic E-state index is 12.6. The first-order chi connectivity index (χ1) is 13.6. The fraction of sp³-hybridized carbons (Fsp3) is 0.0909. The van der Waals surface area contributed by atoms with E-state index in [0.717, 1.165) is 27.4 Å². The van der Waals surface area contributed by atoms with Crippen LogP contribution in [0.3, 0.4) is 0 Å². The summed E-state index contributed by atoms with van der Waals surface area (Å²) in [5, 5.41) is 2.79. The van der Waals surface area contributed by atoms with E-state index in [-0.39, 0.29) is 5.91 Å². The molecule has 6 heteroatoms. The predicted molar refractivity (Wildman–Crippen MR) is 118 cm³/mol. The van der Waals surface area contributed by atoms with Crippen molar-refractivity contribution < 1.29 is 9.53 Å². The van der Waals surface area contributed by atoms with Gasteiger partial charge in [0.15, 0.2) is 5.17 Å². The monoisotopic (exact) mass is 406 g/mol. The molecular formula is C22H18N2O2S2. The lowest BCUT2D eigenvalue weighted by molar-refractivity contribution is -0.121. The lowest BCUT2D eigenvalue weighted by Gasteiger charge is -2.06. The van der Waals surface area contributed by atoms with Gasteiger partial charge in [-0.3, -0.25) is 9.69 Å². The fourth-order valence-electron chi connectivity index (χ4n) is 2.76. The Balaban J connectivity index is 1.56. The van der Waals surface area contributed by atoms with Gasteiger partial charge in [-0.1, -0.05) is 30.3 Å². The minimum Gasteiger partial charge on any atom is -0.497 e. The quantitative estimate of drug-likeness (QED) is 0.525. The molecule has 0 unspecified atom stereocenters. The van der Waals surface area contributed by atoms with Crippen molar-refractivity contribution in [3.8, 4) is 16.9 Å². The highest BCUT2D eigenvalue weighted by Crippen LogP contribution is 2.35. The van der Waals surface area contributed by atoms with Crippen LogP contribution >= 0.6 is 23.1 Å². The Kier molecular flexibility index (Phi) is 5.32. The fourth-order valence-corrected chi connectivity index (χ4v) is 4.66. The van der Waals surface area contributed by atoms with Crippen LogP contribution in [-0.4, -0.2) is 30.1 Å². The standard InChI is InChI=1S/C22H18N2O2S2/c1-24-21(25)20(28-22(24)23-17-6-4-3-5-7-17)13-19-12-16(14-27-19)15-8-10-18(26-2)11-9-15/h3-14H,1-2H3. The first-order valence-electron chi connectivity index (χ1n) is 8.68. The number of ether oxygens (including phenoxy) is 1. The van der Waals surface area contributed by atoms with Crippen molar-refractivity contribution in [1.29, 1.82) is 0 Å². The second kappa shape index (κ2) is 8.04. The maximum absolute atomic E-state index is 12.6. The van der Waals surface area contributed by atoms with Crippen LogP contribution < -0.4 is 4.74 Å². The van der Waals surface area contributed by atoms with E-state index in [2.05, 4.69) is 16.4 Å². The number of thiophene rings is 1. The van der Waals surface area contributed by atoms with Crippen LogP contribution in [0.2, 0.25) is 0 Å². The minimum atomic E-state index is -0.0286. The molecule has 0 spiro atoms. The molecule has 0 bridgehead atoms. The zero-order valence-corrected chi connectivity index (χ0v) is 17.1. The summed E-state index contributed by atoms with van der Waals surface area (Å²) >= 11 is 3.02. The van der Waals surface area contributed by atoms with Gasteiger partial charge in [-0.05, 0) is 64.7 Å². The van der Waals surface area contributed by atoms with Crippen molar-refractivity contribution in [2.24, 2.45) is 4.99 Å². The lowest BCUT2D eigenvalue weighted by atomic mass is 10.1. The van der Waals surface area contributed by atoms with Gasteiger partial charge in [0.05, 0.1) is 17.7 Å². The van der Waals surface area contributed by atoms with Gasteiger partial charge in [0.25, 0.3) is 5.91 Å². The van der Waals surface area contributed by atoms with Crippen molar-refractivity contribution in [3.63, 3.8) is 0 Å². The molecule has 3 aromatic rings. The molecule has 1 saturated heterocycles. The normalized spacial score (nSPS) is 16.9. The van der Waals surface area contributed by atoms with Gasteiger partial charge >= 0.3 is 0 Å². The number of amides is 1. The number of hydrogen-bond acceptors (Lipinski definition) is 5. The number of para-hydroxylation sites is 1. The van der Waals surface area contributed by atoms with Gasteiger partial charge in [0.2, 0.25) is 0 Å². The number of likely N-dealkylation sites (N-methyl/N-ethyl adjacent to an activating group) is 1. The number of carbonyl (C=O) groups excluding carboxylic acids is 1. The highest BCUT2D eigenvalue weighted by atomic mass is 32.2. The molecule has 2 aromatic carbocycles. The number of nitrogens with zero attached hydrogens (tertiary/aromatic N) is 2. The smallest absolute Gasteiger partial charge is 0.266 e. The molecule has 4 rings (SSSR count). The average Bonchev–Trinajstić information content (AvgIpc) is 3.30. The van der Waals surface area contributed by atoms with Gasteiger partial charge in [0.1, 0.15) is 5.75 Å². The van der Waals surface area contributed by atoms with E-state index < -0.39 is 0 Å². The molecule has 0 radical (unpaired) electrons. The topological polar surface area (TPSA) is 41.9 Å². The van der Waals surface area contributed by atoms with E-state index in [0.29, 0.717) is 10.1 Å². The van der Waals surface area contributed by atoms with Crippen molar-refractivity contribution in [3.05, 3.63) is 75.8 Å². The summed E-state index contributed by atoms with van der Waals surface area (Å²) in [5.74, 6) is 0.807. The van der Waals surface area contributed by atoms with Crippen molar-refractivity contribution in [2.75, 3.05) is 14.2 Å². The zero-order chi connectivity index (χ0) is 19.5. The molecule has 0 saturated carbocycles. The molecule has 1 amide bonds. The number of thioether (sulfide) groups is 1. The van der Waals surface area contributed by atoms with Crippen molar-refractivity contribution >= 4 is 45.9 Å². The molecular weight excluding hydrogens is 388 g/mol. The van der Waals surface area contributed by atoms with Gasteiger partial charge in [-0.2, -0.15) is 0 Å². The zero-order valence-electron chi connectivity index (χ0n) is 15.5. The van der Waals surface area contributed by atoms with E-state index in [1.165, 1.54) is 11.8 Å². The number of hydrogen-bond donors (Lipinski definition) is 0. The summed E-state index contributed by atoms with van der Waals surface area (Å²) in [6, 6.07) is 19.7. The lowest BCUT2D eigenvalue weighted by Crippen LogP contribution is -2.23. The Morgan fingerprint density at radius 2 is 1.79 bits per heavy atom. The Labute approximate surface area is 172 Å². The van der Waals surface area contributed by atoms with Crippen molar-refractivity contribution in [1.82, 2.24) is 4.90 Å². The van der Waals surface area contributed by atoms with E-state index in [1.54, 1.807) is 30.4 Å². The minimum absolute atomic E-state index is 0.0286. The second-order valence-corrected chi connectivity index (χ2v) is 8.12. The van der Waals surface area contributed by atoms with E-state index in [9.17, 15) is 4.79 Å². The molecule has 140 valence electrons. The molecule has 2 heterocycles. The molecule has 1 fully saturated rings. The summed E-state index contributed by atoms with van der Waals surface area (Å²) in [6.45, 7) is 0. The molecule has 1 aliphatic heterocycles. The van der Waals surface area contributed by atoms with Crippen LogP contribution in [0, 0.1) is 0 Å². The van der Waals surface area contributed by atoms with Gasteiger partial charge < -0.3 is 4.74 Å². The third-order valence-corrected chi connectivity index (χ3v) is 6.24. The summed E-state index contributed by atoms with van der Waals surface area (Å²) in [5.41, 5.74) is 3.08. The van der Waals surface area contributed by atoms with E-state index in [4.69, 9.17) is 4.74 Å². The summed E-state index contributed by atoms with van der Waals surface area (Å²) < 4.78 is 5.21. The number of methoxy groups -OCH3 is 1. The Hall–Kier alpha value is -2.83. The molecule has 0 aliphatic carbocycles. The summed E-state index contributed by atoms with van der Waals surface area (Å²) in [4.78, 5) is 20.5. The van der Waals surface area contributed by atoms with Crippen LogP contribution in [0.1, 0.15) is 4.88 Å². The van der Waals surface area contributed by atoms with E-state index in [1.807, 2.05) is 60.7 Å². The summed E-state index contributed by atoms with van der Waals surface area (Å²) in [7, 11) is 3.42. The number of amidine groups is 1. The van der Waals surface area contributed by atoms with Crippen LogP contribution in [0.25, 0.3) is 17.2 Å². The van der Waals surface area contributed by atoms with Gasteiger partial charge in [-0.25, -0.2) is 4.99 Å². The number of aliphatic imine (C=N–C) groups is 1. The SMILES string of the molecule is COc1ccc(-c2csc(C=C3SC(=Nc4ccccc4)N(C)C3=O)c2)cc1. The molecule has 1 aromatic heterocycles. The first-order valence-corrected chi connectivity index (χ1v) is 10.4. The first kappa shape index (κ1) is 18.5. The van der Waals surface area contributed by atoms with Crippen LogP contribution in [0.4, 0.5) is 5.69 Å². The van der Waals surface area contributed by atoms with Crippen LogP contribution in [0.5, 0.6) is 5.75 Å². The van der Waals surface area contributed by atoms with Crippen molar-refractivity contribution in [2.45, 2.75) is 0 Å². The molecule has 1 aliphatic rings. The number of rotatable bonds is 4. The third kappa shape index (κ3) is 3.88. The molecule has 4 nitrogen and oxygen atoms in total. The largest absolute Gasteiger partial charge is 0.497 e. The Bertz CT molecular complexity index is 1050. The molecule has 0 N–H and O–H groups in total. The molecule has 28 heavy (non-hydrogen) atoms. The van der Waals surface area contributed by atoms with Crippen LogP contribution in [-0.2, 0) is 4.79 Å². The predicted octanol–water partition coefficient (Wildman–Crippen LogP) is 5.66. The highest BCUT2D eigenvalue weighted by molar-refractivity contribution is 8.18. The average molecular weight is 407 g/mol. The highest BCUT2D eigenvalue weighted by Gasteiger charge is 2.30. The van der Waals surface area contributed by atoms with E-state index >= 15 is 0 Å². The maximum Gasteiger partial charge on any atom is 0.266 e. The second-order valence-electron chi connectivity index (χ2n) is 6.17. The van der Waals surface area contributed by atoms with Gasteiger partial charge in [0, 0.05) is 11.9 Å². The third-order valence-electron chi connectivity index (χ3n) is 4.30.